The molecular weight excluding hydrogens is 373 g/mol. The number of phenolic OH excluding ortho intramolecular Hbond substituents is 2. The van der Waals surface area contributed by atoms with Gasteiger partial charge < -0.3 is 20.3 Å². The minimum absolute atomic E-state index is 0.216. The van der Waals surface area contributed by atoms with Gasteiger partial charge in [-0.05, 0) is 65.7 Å². The SMILES string of the molecule is O=C(/C=C/c1ccc(O)c(O)c1)Nc1ccc(OCCc2ccc(F)cc2)cc1. The number of ether oxygens (including phenoxy) is 1. The van der Waals surface area contributed by atoms with Gasteiger partial charge in [-0.2, -0.15) is 0 Å². The molecule has 0 aromatic heterocycles. The number of hydrogen-bond donors (Lipinski definition) is 3. The molecule has 0 unspecified atom stereocenters. The standard InChI is InChI=1S/C23H20FNO4/c24-18-5-1-16(2-6-18)13-14-29-20-9-7-19(8-10-20)25-23(28)12-4-17-3-11-21(26)22(27)15-17/h1-12,15,26-27H,13-14H2,(H,25,28)/b12-4+. The molecule has 3 aromatic rings. The predicted molar refractivity (Wildman–Crippen MR) is 109 cm³/mol. The molecule has 0 aliphatic heterocycles. The number of amides is 1. The van der Waals surface area contributed by atoms with Crippen LogP contribution in [0.4, 0.5) is 10.1 Å². The molecule has 6 heteroatoms. The Balaban J connectivity index is 1.47. The van der Waals surface area contributed by atoms with E-state index in [2.05, 4.69) is 5.32 Å². The maximum Gasteiger partial charge on any atom is 0.248 e. The number of nitrogens with one attached hydrogen (secondary N) is 1. The molecule has 0 heterocycles. The third kappa shape index (κ3) is 6.10. The van der Waals surface area contributed by atoms with Crippen LogP contribution in [0.15, 0.2) is 72.8 Å². The van der Waals surface area contributed by atoms with Crippen LogP contribution in [-0.2, 0) is 11.2 Å². The van der Waals surface area contributed by atoms with E-state index in [4.69, 9.17) is 4.74 Å². The lowest BCUT2D eigenvalue weighted by Crippen LogP contribution is -2.07. The van der Waals surface area contributed by atoms with Gasteiger partial charge in [0, 0.05) is 18.2 Å². The zero-order valence-electron chi connectivity index (χ0n) is 15.5. The first-order chi connectivity index (χ1) is 14.0. The molecule has 0 aliphatic carbocycles. The minimum Gasteiger partial charge on any atom is -0.504 e. The van der Waals surface area contributed by atoms with Crippen molar-refractivity contribution in [2.24, 2.45) is 0 Å². The highest BCUT2D eigenvalue weighted by Crippen LogP contribution is 2.25. The van der Waals surface area contributed by atoms with Crippen LogP contribution in [0.25, 0.3) is 6.08 Å². The van der Waals surface area contributed by atoms with E-state index in [1.54, 1.807) is 42.5 Å². The van der Waals surface area contributed by atoms with Gasteiger partial charge in [-0.15, -0.1) is 0 Å². The molecule has 3 rings (SSSR count). The number of carbonyl (C=O) groups excluding carboxylic acids is 1. The lowest BCUT2D eigenvalue weighted by atomic mass is 10.2. The molecule has 0 fully saturated rings. The molecule has 29 heavy (non-hydrogen) atoms. The number of carbonyl (C=O) groups is 1. The molecule has 0 bridgehead atoms. The summed E-state index contributed by atoms with van der Waals surface area (Å²) in [5.74, 6) is -0.389. The second-order valence-corrected chi connectivity index (χ2v) is 6.32. The Morgan fingerprint density at radius 3 is 2.38 bits per heavy atom. The van der Waals surface area contributed by atoms with E-state index in [0.717, 1.165) is 5.56 Å². The molecule has 0 atom stereocenters. The van der Waals surface area contributed by atoms with Crippen LogP contribution in [0.3, 0.4) is 0 Å². The summed E-state index contributed by atoms with van der Waals surface area (Å²) in [7, 11) is 0. The average Bonchev–Trinajstić information content (AvgIpc) is 2.72. The summed E-state index contributed by atoms with van der Waals surface area (Å²) in [5, 5.41) is 21.5. The predicted octanol–water partition coefficient (Wildman–Crippen LogP) is 4.51. The van der Waals surface area contributed by atoms with Crippen LogP contribution < -0.4 is 10.1 Å². The largest absolute Gasteiger partial charge is 0.504 e. The molecule has 0 radical (unpaired) electrons. The first-order valence-electron chi connectivity index (χ1n) is 8.98. The fraction of sp³-hybridized carbons (Fsp3) is 0.0870. The monoisotopic (exact) mass is 393 g/mol. The molecule has 0 saturated carbocycles. The van der Waals surface area contributed by atoms with Gasteiger partial charge in [0.05, 0.1) is 6.61 Å². The molecule has 1 amide bonds. The van der Waals surface area contributed by atoms with Crippen molar-refractivity contribution in [1.82, 2.24) is 0 Å². The Bertz CT molecular complexity index is 998. The summed E-state index contributed by atoms with van der Waals surface area (Å²) >= 11 is 0. The molecule has 3 N–H and O–H groups in total. The topological polar surface area (TPSA) is 78.8 Å². The number of halogens is 1. The molecule has 148 valence electrons. The fourth-order valence-corrected chi connectivity index (χ4v) is 2.57. The number of phenols is 2. The van der Waals surface area contributed by atoms with Crippen LogP contribution >= 0.6 is 0 Å². The molecule has 0 saturated heterocycles. The lowest BCUT2D eigenvalue weighted by molar-refractivity contribution is -0.111. The van der Waals surface area contributed by atoms with Crippen LogP contribution in [0, 0.1) is 5.82 Å². The summed E-state index contributed by atoms with van der Waals surface area (Å²) in [5.41, 5.74) is 2.18. The Morgan fingerprint density at radius 2 is 1.69 bits per heavy atom. The molecule has 0 spiro atoms. The van der Waals surface area contributed by atoms with Crippen molar-refractivity contribution < 1.29 is 24.1 Å². The Hall–Kier alpha value is -3.80. The number of anilines is 1. The van der Waals surface area contributed by atoms with E-state index in [9.17, 15) is 19.4 Å². The summed E-state index contributed by atoms with van der Waals surface area (Å²) in [6.45, 7) is 0.458. The zero-order chi connectivity index (χ0) is 20.6. The highest BCUT2D eigenvalue weighted by atomic mass is 19.1. The fourth-order valence-electron chi connectivity index (χ4n) is 2.57. The van der Waals surface area contributed by atoms with Crippen molar-refractivity contribution in [1.29, 1.82) is 0 Å². The maximum atomic E-state index is 12.9. The maximum absolute atomic E-state index is 12.9. The number of aromatic hydroxyl groups is 2. The summed E-state index contributed by atoms with van der Waals surface area (Å²) in [4.78, 5) is 12.0. The number of rotatable bonds is 7. The van der Waals surface area contributed by atoms with Gasteiger partial charge in [-0.3, -0.25) is 4.79 Å². The Kier molecular flexibility index (Phi) is 6.47. The normalized spacial score (nSPS) is 10.8. The molecule has 5 nitrogen and oxygen atoms in total. The smallest absolute Gasteiger partial charge is 0.248 e. The van der Waals surface area contributed by atoms with Crippen LogP contribution in [-0.4, -0.2) is 22.7 Å². The van der Waals surface area contributed by atoms with E-state index in [1.165, 1.54) is 36.4 Å². The van der Waals surface area contributed by atoms with Gasteiger partial charge in [0.15, 0.2) is 11.5 Å². The quantitative estimate of drug-likeness (QED) is 0.408. The first kappa shape index (κ1) is 19.9. The van der Waals surface area contributed by atoms with Crippen molar-refractivity contribution in [3.63, 3.8) is 0 Å². The van der Waals surface area contributed by atoms with Crippen molar-refractivity contribution in [2.75, 3.05) is 11.9 Å². The van der Waals surface area contributed by atoms with Gasteiger partial charge in [0.1, 0.15) is 11.6 Å². The van der Waals surface area contributed by atoms with Crippen molar-refractivity contribution in [2.45, 2.75) is 6.42 Å². The van der Waals surface area contributed by atoms with Crippen molar-refractivity contribution >= 4 is 17.7 Å². The second kappa shape index (κ2) is 9.41. The molecule has 3 aromatic carbocycles. The van der Waals surface area contributed by atoms with E-state index in [0.29, 0.717) is 30.0 Å². The van der Waals surface area contributed by atoms with Crippen LogP contribution in [0.2, 0.25) is 0 Å². The van der Waals surface area contributed by atoms with Crippen molar-refractivity contribution in [3.8, 4) is 17.2 Å². The average molecular weight is 393 g/mol. The van der Waals surface area contributed by atoms with Gasteiger partial charge in [0.2, 0.25) is 5.91 Å². The number of hydrogen-bond acceptors (Lipinski definition) is 4. The van der Waals surface area contributed by atoms with E-state index in [1.807, 2.05) is 0 Å². The summed E-state index contributed by atoms with van der Waals surface area (Å²) in [6, 6.07) is 17.5. The van der Waals surface area contributed by atoms with Gasteiger partial charge in [-0.25, -0.2) is 4.39 Å². The van der Waals surface area contributed by atoms with Crippen LogP contribution in [0.5, 0.6) is 17.2 Å². The minimum atomic E-state index is -0.331. The molecule has 0 aliphatic rings. The van der Waals surface area contributed by atoms with E-state index in [-0.39, 0.29) is 23.2 Å². The first-order valence-corrected chi connectivity index (χ1v) is 8.98. The highest BCUT2D eigenvalue weighted by Gasteiger charge is 2.02. The lowest BCUT2D eigenvalue weighted by Gasteiger charge is -2.08. The second-order valence-electron chi connectivity index (χ2n) is 6.32. The van der Waals surface area contributed by atoms with E-state index < -0.39 is 0 Å². The Labute approximate surface area is 167 Å². The Morgan fingerprint density at radius 1 is 0.966 bits per heavy atom. The van der Waals surface area contributed by atoms with Crippen molar-refractivity contribution in [3.05, 3.63) is 89.8 Å². The summed E-state index contributed by atoms with van der Waals surface area (Å²) in [6.07, 6.45) is 3.52. The van der Waals surface area contributed by atoms with Gasteiger partial charge in [0.25, 0.3) is 0 Å². The zero-order valence-corrected chi connectivity index (χ0v) is 15.5. The van der Waals surface area contributed by atoms with Gasteiger partial charge in [-0.1, -0.05) is 18.2 Å². The molecular formula is C23H20FNO4. The van der Waals surface area contributed by atoms with Gasteiger partial charge >= 0.3 is 0 Å². The third-order valence-electron chi connectivity index (χ3n) is 4.12. The third-order valence-corrected chi connectivity index (χ3v) is 4.12. The van der Waals surface area contributed by atoms with Crippen LogP contribution in [0.1, 0.15) is 11.1 Å². The number of benzene rings is 3. The summed E-state index contributed by atoms with van der Waals surface area (Å²) < 4.78 is 18.5. The highest BCUT2D eigenvalue weighted by molar-refractivity contribution is 6.01. The van der Waals surface area contributed by atoms with E-state index >= 15 is 0 Å².